The van der Waals surface area contributed by atoms with Crippen molar-refractivity contribution in [1.82, 2.24) is 0 Å². The van der Waals surface area contributed by atoms with E-state index < -0.39 is 0 Å². The normalized spacial score (nSPS) is 11.6. The van der Waals surface area contributed by atoms with E-state index in [-0.39, 0.29) is 0 Å². The lowest BCUT2D eigenvalue weighted by Gasteiger charge is -2.28. The Morgan fingerprint density at radius 3 is 1.61 bits per heavy atom. The molecule has 0 bridgehead atoms. The van der Waals surface area contributed by atoms with Gasteiger partial charge in [0.15, 0.2) is 0 Å². The van der Waals surface area contributed by atoms with Crippen LogP contribution in [0.25, 0.3) is 87.6 Å². The summed E-state index contributed by atoms with van der Waals surface area (Å²) >= 11 is 0. The maximum atomic E-state index is 6.43. The zero-order valence-corrected chi connectivity index (χ0v) is 31.5. The monoisotopic (exact) mass is 727 g/mol. The second-order valence-corrected chi connectivity index (χ2v) is 14.9. The molecule has 57 heavy (non-hydrogen) atoms. The van der Waals surface area contributed by atoms with Crippen LogP contribution in [-0.2, 0) is 0 Å². The second kappa shape index (κ2) is 13.4. The smallest absolute Gasteiger partial charge is 0.143 e. The van der Waals surface area contributed by atoms with Crippen LogP contribution in [0.2, 0.25) is 0 Å². The van der Waals surface area contributed by atoms with E-state index >= 15 is 0 Å². The van der Waals surface area contributed by atoms with Gasteiger partial charge in [-0.05, 0) is 110 Å². The average molecular weight is 728 g/mol. The Morgan fingerprint density at radius 2 is 0.842 bits per heavy atom. The quantitative estimate of drug-likeness (QED) is 0.159. The first-order chi connectivity index (χ1) is 28.2. The summed E-state index contributed by atoms with van der Waals surface area (Å²) in [6.45, 7) is 2.22. The molecule has 0 aliphatic rings. The highest BCUT2D eigenvalue weighted by Crippen LogP contribution is 2.43. The Kier molecular flexibility index (Phi) is 7.75. The fraction of sp³-hybridized carbons (Fsp3) is 0.0182. The van der Waals surface area contributed by atoms with Crippen molar-refractivity contribution in [2.24, 2.45) is 0 Å². The number of fused-ring (bicyclic) bond motifs is 7. The summed E-state index contributed by atoms with van der Waals surface area (Å²) in [5, 5.41) is 9.82. The number of furan rings is 1. The molecule has 0 spiro atoms. The molecule has 2 heteroatoms. The molecule has 0 amide bonds. The van der Waals surface area contributed by atoms with E-state index in [4.69, 9.17) is 4.42 Å². The fourth-order valence-corrected chi connectivity index (χ4v) is 8.80. The van der Waals surface area contributed by atoms with E-state index in [9.17, 15) is 0 Å². The number of para-hydroxylation sites is 2. The molecular formula is C55H37NO. The largest absolute Gasteiger partial charge is 0.455 e. The number of benzene rings is 10. The summed E-state index contributed by atoms with van der Waals surface area (Å²) in [5.41, 5.74) is 13.5. The minimum Gasteiger partial charge on any atom is -0.455 e. The average Bonchev–Trinajstić information content (AvgIpc) is 3.66. The number of anilines is 3. The first-order valence-electron chi connectivity index (χ1n) is 19.6. The summed E-state index contributed by atoms with van der Waals surface area (Å²) in [6, 6.07) is 74.5. The molecule has 0 saturated heterocycles. The zero-order chi connectivity index (χ0) is 37.9. The predicted octanol–water partition coefficient (Wildman–Crippen LogP) is 15.8. The number of aryl methyl sites for hydroxylation is 1. The Labute approximate surface area is 331 Å². The lowest BCUT2D eigenvalue weighted by molar-refractivity contribution is 0.670. The van der Waals surface area contributed by atoms with Gasteiger partial charge in [0.2, 0.25) is 0 Å². The minimum atomic E-state index is 0.908. The fourth-order valence-electron chi connectivity index (χ4n) is 8.80. The van der Waals surface area contributed by atoms with Crippen LogP contribution < -0.4 is 4.90 Å². The van der Waals surface area contributed by atoms with Gasteiger partial charge in [-0.25, -0.2) is 0 Å². The Hall–Kier alpha value is -7.42. The topological polar surface area (TPSA) is 16.4 Å². The molecule has 268 valence electrons. The van der Waals surface area contributed by atoms with Crippen molar-refractivity contribution in [2.45, 2.75) is 6.92 Å². The van der Waals surface area contributed by atoms with Crippen molar-refractivity contribution in [3.05, 3.63) is 212 Å². The summed E-state index contributed by atoms with van der Waals surface area (Å²) in [4.78, 5) is 2.40. The molecule has 0 unspecified atom stereocenters. The number of hydrogen-bond acceptors (Lipinski definition) is 2. The maximum absolute atomic E-state index is 6.43. The van der Waals surface area contributed by atoms with Crippen LogP contribution in [0.4, 0.5) is 17.1 Å². The van der Waals surface area contributed by atoms with Gasteiger partial charge in [0.05, 0.1) is 5.69 Å². The lowest BCUT2D eigenvalue weighted by atomic mass is 9.95. The summed E-state index contributed by atoms with van der Waals surface area (Å²) in [6.07, 6.45) is 0. The van der Waals surface area contributed by atoms with E-state index in [1.165, 1.54) is 60.1 Å². The maximum Gasteiger partial charge on any atom is 0.143 e. The highest BCUT2D eigenvalue weighted by atomic mass is 16.3. The van der Waals surface area contributed by atoms with Crippen LogP contribution >= 0.6 is 0 Å². The molecule has 0 aliphatic carbocycles. The molecular weight excluding hydrogens is 691 g/mol. The minimum absolute atomic E-state index is 0.908. The summed E-state index contributed by atoms with van der Waals surface area (Å²) < 4.78 is 6.43. The van der Waals surface area contributed by atoms with Gasteiger partial charge < -0.3 is 9.32 Å². The third-order valence-corrected chi connectivity index (χ3v) is 11.6. The molecule has 10 aromatic carbocycles. The van der Waals surface area contributed by atoms with Gasteiger partial charge in [0, 0.05) is 33.1 Å². The highest BCUT2D eigenvalue weighted by molar-refractivity contribution is 6.14. The first-order valence-corrected chi connectivity index (χ1v) is 19.6. The van der Waals surface area contributed by atoms with Crippen LogP contribution in [0.1, 0.15) is 5.56 Å². The lowest BCUT2D eigenvalue weighted by Crippen LogP contribution is -2.10. The van der Waals surface area contributed by atoms with Gasteiger partial charge >= 0.3 is 0 Å². The van der Waals surface area contributed by atoms with E-state index in [1.807, 2.05) is 12.1 Å². The molecule has 0 N–H and O–H groups in total. The van der Waals surface area contributed by atoms with Crippen LogP contribution in [0, 0.1) is 6.92 Å². The molecule has 0 saturated carbocycles. The van der Waals surface area contributed by atoms with Crippen LogP contribution in [0.3, 0.4) is 0 Å². The van der Waals surface area contributed by atoms with Gasteiger partial charge in [-0.3, -0.25) is 0 Å². The number of rotatable bonds is 6. The molecule has 11 aromatic rings. The molecule has 11 rings (SSSR count). The number of hydrogen-bond donors (Lipinski definition) is 0. The SMILES string of the molecule is Cc1cc2c(N(c3ccc(-c4ccc(-c5cccc6ccccc56)cc4)cc3)c3ccc(-c4cccc5c4oc4ccccc45)cc3)cccc2c2ccccc12. The molecule has 0 aliphatic heterocycles. The van der Waals surface area contributed by atoms with Gasteiger partial charge in [0.1, 0.15) is 11.2 Å². The van der Waals surface area contributed by atoms with Crippen molar-refractivity contribution in [3.63, 3.8) is 0 Å². The van der Waals surface area contributed by atoms with Crippen LogP contribution in [0.15, 0.2) is 211 Å². The third-order valence-electron chi connectivity index (χ3n) is 11.6. The van der Waals surface area contributed by atoms with E-state index in [1.54, 1.807) is 0 Å². The molecule has 1 heterocycles. The van der Waals surface area contributed by atoms with Crippen molar-refractivity contribution in [1.29, 1.82) is 0 Å². The summed E-state index contributed by atoms with van der Waals surface area (Å²) in [7, 11) is 0. The zero-order valence-electron chi connectivity index (χ0n) is 31.5. The van der Waals surface area contributed by atoms with Crippen LogP contribution in [-0.4, -0.2) is 0 Å². The van der Waals surface area contributed by atoms with Crippen molar-refractivity contribution in [3.8, 4) is 33.4 Å². The van der Waals surface area contributed by atoms with Gasteiger partial charge in [-0.15, -0.1) is 0 Å². The second-order valence-electron chi connectivity index (χ2n) is 14.9. The molecule has 2 nitrogen and oxygen atoms in total. The van der Waals surface area contributed by atoms with Crippen LogP contribution in [0.5, 0.6) is 0 Å². The van der Waals surface area contributed by atoms with Gasteiger partial charge in [-0.1, -0.05) is 164 Å². The van der Waals surface area contributed by atoms with Crippen molar-refractivity contribution >= 4 is 71.3 Å². The molecule has 1 aromatic heterocycles. The van der Waals surface area contributed by atoms with E-state index in [2.05, 4.69) is 206 Å². The standard InChI is InChI=1S/C55H37NO/c1-36-35-52-49(48-15-5-4-13-44(36)48)19-10-21-53(52)56(43-33-29-41(30-34-43)47-18-9-20-51-50-16-6-7-22-54(50)57-55(47)51)42-31-27-38(28-32-42)37-23-25-40(26-24-37)46-17-8-12-39-11-2-3-14-45(39)46/h2-35H,1H3. The van der Waals surface area contributed by atoms with Gasteiger partial charge in [0.25, 0.3) is 0 Å². The Balaban J connectivity index is 1.01. The number of nitrogens with zero attached hydrogens (tertiary/aromatic N) is 1. The van der Waals surface area contributed by atoms with Gasteiger partial charge in [-0.2, -0.15) is 0 Å². The van der Waals surface area contributed by atoms with Crippen molar-refractivity contribution < 1.29 is 4.42 Å². The summed E-state index contributed by atoms with van der Waals surface area (Å²) in [5.74, 6) is 0. The predicted molar refractivity (Wildman–Crippen MR) is 242 cm³/mol. The molecule has 0 radical (unpaired) electrons. The van der Waals surface area contributed by atoms with E-state index in [0.717, 1.165) is 50.1 Å². The van der Waals surface area contributed by atoms with Crippen molar-refractivity contribution in [2.75, 3.05) is 4.90 Å². The Bertz CT molecular complexity index is 3280. The third kappa shape index (κ3) is 5.57. The Morgan fingerprint density at radius 1 is 0.351 bits per heavy atom. The van der Waals surface area contributed by atoms with E-state index in [0.29, 0.717) is 0 Å². The molecule has 0 atom stereocenters. The highest BCUT2D eigenvalue weighted by Gasteiger charge is 2.19. The molecule has 0 fully saturated rings. The first kappa shape index (κ1) is 33.0.